The molecule has 23 heavy (non-hydrogen) atoms. The van der Waals surface area contributed by atoms with Gasteiger partial charge >= 0.3 is 0 Å². The lowest BCUT2D eigenvalue weighted by Crippen LogP contribution is -2.41. The SMILES string of the molecule is CCNC(=NCCNc1ccncc1)N1CCC2(CCOC2)C1. The molecule has 6 heteroatoms. The Morgan fingerprint density at radius 2 is 2.26 bits per heavy atom. The van der Waals surface area contributed by atoms with Crippen LogP contribution in [0.3, 0.4) is 0 Å². The van der Waals surface area contributed by atoms with Crippen LogP contribution in [0.2, 0.25) is 0 Å². The van der Waals surface area contributed by atoms with E-state index in [0.29, 0.717) is 5.41 Å². The van der Waals surface area contributed by atoms with E-state index in [0.717, 1.165) is 57.6 Å². The van der Waals surface area contributed by atoms with Crippen molar-refractivity contribution in [3.8, 4) is 0 Å². The van der Waals surface area contributed by atoms with Crippen LogP contribution in [0.1, 0.15) is 19.8 Å². The number of aromatic nitrogens is 1. The molecule has 1 aromatic rings. The Morgan fingerprint density at radius 1 is 1.39 bits per heavy atom. The average molecular weight is 317 g/mol. The fraction of sp³-hybridized carbons (Fsp3) is 0.647. The number of aliphatic imine (C=N–C) groups is 1. The molecule has 2 N–H and O–H groups in total. The molecule has 1 atom stereocenters. The van der Waals surface area contributed by atoms with Crippen LogP contribution in [-0.2, 0) is 4.74 Å². The monoisotopic (exact) mass is 317 g/mol. The Morgan fingerprint density at radius 3 is 3.00 bits per heavy atom. The maximum absolute atomic E-state index is 5.62. The molecule has 3 heterocycles. The van der Waals surface area contributed by atoms with Crippen LogP contribution in [0.15, 0.2) is 29.5 Å². The van der Waals surface area contributed by atoms with Gasteiger partial charge in [0.2, 0.25) is 0 Å². The third kappa shape index (κ3) is 4.13. The zero-order chi connectivity index (χ0) is 16.0. The highest BCUT2D eigenvalue weighted by Gasteiger charge is 2.42. The molecule has 1 aromatic heterocycles. The summed E-state index contributed by atoms with van der Waals surface area (Å²) in [5.74, 6) is 1.04. The van der Waals surface area contributed by atoms with E-state index in [-0.39, 0.29) is 0 Å². The predicted octanol–water partition coefficient (Wildman–Crippen LogP) is 1.57. The summed E-state index contributed by atoms with van der Waals surface area (Å²) in [5, 5.41) is 6.79. The van der Waals surface area contributed by atoms with E-state index < -0.39 is 0 Å². The number of nitrogens with one attached hydrogen (secondary N) is 2. The minimum Gasteiger partial charge on any atom is -0.383 e. The fourth-order valence-electron chi connectivity index (χ4n) is 3.34. The standard InChI is InChI=1S/C17H27N5O/c1-2-19-16(21-10-9-20-15-3-7-18-8-4-15)22-11-5-17(13-22)6-12-23-14-17/h3-4,7-8H,2,5-6,9-14H2,1H3,(H,18,20)(H,19,21). The third-order valence-corrected chi connectivity index (χ3v) is 4.64. The van der Waals surface area contributed by atoms with Gasteiger partial charge in [0.05, 0.1) is 13.2 Å². The van der Waals surface area contributed by atoms with Crippen LogP contribution >= 0.6 is 0 Å². The summed E-state index contributed by atoms with van der Waals surface area (Å²) < 4.78 is 5.62. The molecule has 2 aliphatic rings. The number of likely N-dealkylation sites (tertiary alicyclic amines) is 1. The molecule has 6 nitrogen and oxygen atoms in total. The first kappa shape index (κ1) is 16.1. The smallest absolute Gasteiger partial charge is 0.193 e. The lowest BCUT2D eigenvalue weighted by Gasteiger charge is -2.25. The number of ether oxygens (including phenoxy) is 1. The zero-order valence-corrected chi connectivity index (χ0v) is 13.9. The first-order valence-electron chi connectivity index (χ1n) is 8.56. The fourth-order valence-corrected chi connectivity index (χ4v) is 3.34. The molecular formula is C17H27N5O. The van der Waals surface area contributed by atoms with Gasteiger partial charge in [0, 0.05) is 56.3 Å². The van der Waals surface area contributed by atoms with Gasteiger partial charge in [0.15, 0.2) is 5.96 Å². The Balaban J connectivity index is 1.51. The summed E-state index contributed by atoms with van der Waals surface area (Å²) in [4.78, 5) is 11.2. The highest BCUT2D eigenvalue weighted by molar-refractivity contribution is 5.80. The van der Waals surface area contributed by atoms with E-state index in [1.165, 1.54) is 12.8 Å². The normalized spacial score (nSPS) is 24.4. The van der Waals surface area contributed by atoms with Crippen molar-refractivity contribution in [2.75, 3.05) is 51.3 Å². The van der Waals surface area contributed by atoms with Crippen molar-refractivity contribution in [3.05, 3.63) is 24.5 Å². The molecule has 0 amide bonds. The van der Waals surface area contributed by atoms with Gasteiger partial charge in [-0.2, -0.15) is 0 Å². The number of nitrogens with zero attached hydrogens (tertiary/aromatic N) is 3. The summed E-state index contributed by atoms with van der Waals surface area (Å²) in [6.45, 7) is 8.56. The number of hydrogen-bond donors (Lipinski definition) is 2. The Hall–Kier alpha value is -1.82. The zero-order valence-electron chi connectivity index (χ0n) is 13.9. The Kier molecular flexibility index (Phi) is 5.33. The molecule has 2 saturated heterocycles. The summed E-state index contributed by atoms with van der Waals surface area (Å²) in [6.07, 6.45) is 5.99. The van der Waals surface area contributed by atoms with Gasteiger partial charge in [-0.15, -0.1) is 0 Å². The van der Waals surface area contributed by atoms with Crippen LogP contribution in [0.25, 0.3) is 0 Å². The first-order chi connectivity index (χ1) is 11.3. The first-order valence-corrected chi connectivity index (χ1v) is 8.56. The molecule has 0 aliphatic carbocycles. The molecule has 0 aromatic carbocycles. The van der Waals surface area contributed by atoms with E-state index in [1.54, 1.807) is 12.4 Å². The third-order valence-electron chi connectivity index (χ3n) is 4.64. The second kappa shape index (κ2) is 7.64. The maximum Gasteiger partial charge on any atom is 0.193 e. The summed E-state index contributed by atoms with van der Waals surface area (Å²) in [7, 11) is 0. The van der Waals surface area contributed by atoms with Crippen molar-refractivity contribution in [2.24, 2.45) is 10.4 Å². The van der Waals surface area contributed by atoms with Gasteiger partial charge in [-0.3, -0.25) is 9.98 Å². The van der Waals surface area contributed by atoms with Crippen LogP contribution in [0.4, 0.5) is 5.69 Å². The van der Waals surface area contributed by atoms with Gasteiger partial charge in [0.1, 0.15) is 0 Å². The van der Waals surface area contributed by atoms with Crippen LogP contribution < -0.4 is 10.6 Å². The summed E-state index contributed by atoms with van der Waals surface area (Å²) >= 11 is 0. The molecule has 2 fully saturated rings. The van der Waals surface area contributed by atoms with E-state index in [1.807, 2.05) is 12.1 Å². The lowest BCUT2D eigenvalue weighted by molar-refractivity contribution is 0.156. The second-order valence-corrected chi connectivity index (χ2v) is 6.37. The average Bonchev–Trinajstić information content (AvgIpc) is 3.22. The van der Waals surface area contributed by atoms with Gasteiger partial charge in [-0.05, 0) is 31.9 Å². The van der Waals surface area contributed by atoms with Crippen molar-refractivity contribution in [1.29, 1.82) is 0 Å². The predicted molar refractivity (Wildman–Crippen MR) is 92.8 cm³/mol. The molecule has 126 valence electrons. The lowest BCUT2D eigenvalue weighted by atomic mass is 9.87. The number of rotatable bonds is 5. The molecule has 1 unspecified atom stereocenters. The molecule has 2 aliphatic heterocycles. The molecule has 1 spiro atoms. The molecule has 0 saturated carbocycles. The topological polar surface area (TPSA) is 61.8 Å². The quantitative estimate of drug-likeness (QED) is 0.490. The number of hydrogen-bond acceptors (Lipinski definition) is 4. The number of anilines is 1. The van der Waals surface area contributed by atoms with Gasteiger partial charge in [0.25, 0.3) is 0 Å². The van der Waals surface area contributed by atoms with E-state index in [4.69, 9.17) is 9.73 Å². The van der Waals surface area contributed by atoms with Gasteiger partial charge in [-0.1, -0.05) is 0 Å². The minimum atomic E-state index is 0.367. The van der Waals surface area contributed by atoms with E-state index in [2.05, 4.69) is 27.4 Å². The number of guanidine groups is 1. The Labute approximate surface area is 138 Å². The maximum atomic E-state index is 5.62. The van der Waals surface area contributed by atoms with Crippen molar-refractivity contribution in [3.63, 3.8) is 0 Å². The van der Waals surface area contributed by atoms with E-state index >= 15 is 0 Å². The number of pyridine rings is 1. The summed E-state index contributed by atoms with van der Waals surface area (Å²) in [5.41, 5.74) is 1.45. The minimum absolute atomic E-state index is 0.367. The van der Waals surface area contributed by atoms with Crippen LogP contribution in [0, 0.1) is 5.41 Å². The van der Waals surface area contributed by atoms with Crippen LogP contribution in [-0.4, -0.2) is 61.8 Å². The van der Waals surface area contributed by atoms with Crippen molar-refractivity contribution in [1.82, 2.24) is 15.2 Å². The largest absolute Gasteiger partial charge is 0.383 e. The highest BCUT2D eigenvalue weighted by atomic mass is 16.5. The van der Waals surface area contributed by atoms with Crippen molar-refractivity contribution < 1.29 is 4.74 Å². The highest BCUT2D eigenvalue weighted by Crippen LogP contribution is 2.38. The van der Waals surface area contributed by atoms with Gasteiger partial charge < -0.3 is 20.3 Å². The molecule has 0 bridgehead atoms. The van der Waals surface area contributed by atoms with Gasteiger partial charge in [-0.25, -0.2) is 0 Å². The Bertz CT molecular complexity index is 513. The molecular weight excluding hydrogens is 290 g/mol. The molecule has 3 rings (SSSR count). The van der Waals surface area contributed by atoms with Crippen molar-refractivity contribution >= 4 is 11.6 Å². The second-order valence-electron chi connectivity index (χ2n) is 6.37. The van der Waals surface area contributed by atoms with Crippen molar-refractivity contribution in [2.45, 2.75) is 19.8 Å². The summed E-state index contributed by atoms with van der Waals surface area (Å²) in [6, 6.07) is 3.94. The van der Waals surface area contributed by atoms with Crippen LogP contribution in [0.5, 0.6) is 0 Å². The molecule has 0 radical (unpaired) electrons. The van der Waals surface area contributed by atoms with E-state index in [9.17, 15) is 0 Å².